The second-order valence-corrected chi connectivity index (χ2v) is 6.08. The standard InChI is InChI=1S/C16H15BrN2OS/c1-3-10-8-11(17)4-7-14(10)19-15-9-12(20-2)5-6-13(15)18-16(19)21/h4-9H,3H2,1-2H3,(H,18,21). The number of H-pyrrole nitrogens is 1. The summed E-state index contributed by atoms with van der Waals surface area (Å²) in [4.78, 5) is 3.25. The first-order valence-electron chi connectivity index (χ1n) is 6.71. The van der Waals surface area contributed by atoms with Crippen LogP contribution >= 0.6 is 28.1 Å². The van der Waals surface area contributed by atoms with E-state index < -0.39 is 0 Å². The monoisotopic (exact) mass is 362 g/mol. The summed E-state index contributed by atoms with van der Waals surface area (Å²) in [5.74, 6) is 0.820. The van der Waals surface area contributed by atoms with Gasteiger partial charge in [0.15, 0.2) is 4.77 Å². The molecule has 0 bridgehead atoms. The zero-order valence-corrected chi connectivity index (χ0v) is 14.2. The largest absolute Gasteiger partial charge is 0.497 e. The van der Waals surface area contributed by atoms with Gasteiger partial charge in [-0.3, -0.25) is 4.57 Å². The van der Waals surface area contributed by atoms with Gasteiger partial charge < -0.3 is 9.72 Å². The molecular formula is C16H15BrN2OS. The van der Waals surface area contributed by atoms with E-state index in [-0.39, 0.29) is 0 Å². The maximum atomic E-state index is 5.51. The lowest BCUT2D eigenvalue weighted by molar-refractivity contribution is 0.415. The Morgan fingerprint density at radius 1 is 1.24 bits per heavy atom. The van der Waals surface area contributed by atoms with Crippen molar-refractivity contribution in [2.75, 3.05) is 7.11 Å². The van der Waals surface area contributed by atoms with Gasteiger partial charge in [0.05, 0.1) is 23.8 Å². The summed E-state index contributed by atoms with van der Waals surface area (Å²) in [5.41, 5.74) is 4.37. The third-order valence-corrected chi connectivity index (χ3v) is 4.33. The summed E-state index contributed by atoms with van der Waals surface area (Å²) in [6.45, 7) is 2.14. The average molecular weight is 363 g/mol. The molecule has 5 heteroatoms. The summed E-state index contributed by atoms with van der Waals surface area (Å²) in [6, 6.07) is 12.2. The predicted octanol–water partition coefficient (Wildman–Crippen LogP) is 5.02. The van der Waals surface area contributed by atoms with Crippen LogP contribution in [-0.4, -0.2) is 16.7 Å². The van der Waals surface area contributed by atoms with Crippen molar-refractivity contribution >= 4 is 39.2 Å². The lowest BCUT2D eigenvalue weighted by Crippen LogP contribution is -1.99. The Morgan fingerprint density at radius 3 is 2.76 bits per heavy atom. The van der Waals surface area contributed by atoms with Crippen LogP contribution in [0, 0.1) is 4.77 Å². The third kappa shape index (κ3) is 2.51. The van der Waals surface area contributed by atoms with Crippen molar-refractivity contribution in [3.8, 4) is 11.4 Å². The molecule has 0 spiro atoms. The number of hydrogen-bond acceptors (Lipinski definition) is 2. The van der Waals surface area contributed by atoms with E-state index in [0.717, 1.165) is 33.4 Å². The fourth-order valence-electron chi connectivity index (χ4n) is 2.50. The molecule has 0 aliphatic carbocycles. The molecule has 0 fully saturated rings. The van der Waals surface area contributed by atoms with Crippen molar-refractivity contribution < 1.29 is 4.74 Å². The maximum absolute atomic E-state index is 5.51. The highest BCUT2D eigenvalue weighted by molar-refractivity contribution is 9.10. The summed E-state index contributed by atoms with van der Waals surface area (Å²) in [7, 11) is 1.67. The smallest absolute Gasteiger partial charge is 0.182 e. The molecule has 3 nitrogen and oxygen atoms in total. The van der Waals surface area contributed by atoms with Crippen molar-refractivity contribution in [1.82, 2.24) is 9.55 Å². The van der Waals surface area contributed by atoms with Crippen LogP contribution in [0.3, 0.4) is 0 Å². The molecule has 0 aliphatic heterocycles. The van der Waals surface area contributed by atoms with Gasteiger partial charge in [0.1, 0.15) is 5.75 Å². The van der Waals surface area contributed by atoms with Crippen LogP contribution in [0.15, 0.2) is 40.9 Å². The molecule has 108 valence electrons. The number of imidazole rings is 1. The number of halogens is 1. The van der Waals surface area contributed by atoms with Crippen molar-refractivity contribution in [2.45, 2.75) is 13.3 Å². The Balaban J connectivity index is 2.34. The van der Waals surface area contributed by atoms with E-state index in [1.54, 1.807) is 7.11 Å². The number of rotatable bonds is 3. The number of nitrogens with one attached hydrogen (secondary N) is 1. The topological polar surface area (TPSA) is 29.9 Å². The van der Waals surface area contributed by atoms with Crippen LogP contribution in [0.25, 0.3) is 16.7 Å². The van der Waals surface area contributed by atoms with Crippen molar-refractivity contribution in [2.24, 2.45) is 0 Å². The molecule has 0 radical (unpaired) electrons. The average Bonchev–Trinajstić information content (AvgIpc) is 2.82. The lowest BCUT2D eigenvalue weighted by Gasteiger charge is -2.11. The molecule has 0 aliphatic rings. The molecular weight excluding hydrogens is 348 g/mol. The zero-order valence-electron chi connectivity index (χ0n) is 11.8. The van der Waals surface area contributed by atoms with Gasteiger partial charge in [-0.15, -0.1) is 0 Å². The normalized spacial score (nSPS) is 11.0. The first-order chi connectivity index (χ1) is 10.1. The minimum absolute atomic E-state index is 0.690. The van der Waals surface area contributed by atoms with E-state index in [4.69, 9.17) is 17.0 Å². The highest BCUT2D eigenvalue weighted by atomic mass is 79.9. The molecule has 0 atom stereocenters. The Hall–Kier alpha value is -1.59. The third-order valence-electron chi connectivity index (χ3n) is 3.55. The molecule has 0 amide bonds. The second-order valence-electron chi connectivity index (χ2n) is 4.78. The number of fused-ring (bicyclic) bond motifs is 1. The van der Waals surface area contributed by atoms with Gasteiger partial charge in [-0.2, -0.15) is 0 Å². The van der Waals surface area contributed by atoms with Crippen molar-refractivity contribution in [3.63, 3.8) is 0 Å². The number of aromatic nitrogens is 2. The molecule has 0 unspecified atom stereocenters. The lowest BCUT2D eigenvalue weighted by atomic mass is 10.1. The Morgan fingerprint density at radius 2 is 2.05 bits per heavy atom. The summed E-state index contributed by atoms with van der Waals surface area (Å²) in [6.07, 6.45) is 0.938. The Bertz CT molecular complexity index is 866. The fraction of sp³-hybridized carbons (Fsp3) is 0.188. The molecule has 3 aromatic rings. The van der Waals surface area contributed by atoms with E-state index in [1.165, 1.54) is 5.56 Å². The number of benzene rings is 2. The zero-order chi connectivity index (χ0) is 15.0. The Labute approximate surface area is 136 Å². The van der Waals surface area contributed by atoms with E-state index in [9.17, 15) is 0 Å². The SMILES string of the molecule is CCc1cc(Br)ccc1-n1c(=S)[nH]c2ccc(OC)cc21. The molecule has 1 aromatic heterocycles. The van der Waals surface area contributed by atoms with Crippen LogP contribution in [0.1, 0.15) is 12.5 Å². The first-order valence-corrected chi connectivity index (χ1v) is 7.91. The minimum Gasteiger partial charge on any atom is -0.497 e. The van der Waals surface area contributed by atoms with E-state index >= 15 is 0 Å². The first kappa shape index (κ1) is 14.4. The number of ether oxygens (including phenoxy) is 1. The number of hydrogen-bond donors (Lipinski definition) is 1. The van der Waals surface area contributed by atoms with Crippen molar-refractivity contribution in [3.05, 3.63) is 51.2 Å². The minimum atomic E-state index is 0.690. The van der Waals surface area contributed by atoms with Gasteiger partial charge in [0.25, 0.3) is 0 Å². The molecule has 1 N–H and O–H groups in total. The van der Waals surface area contributed by atoms with E-state index in [0.29, 0.717) is 4.77 Å². The van der Waals surface area contributed by atoms with Gasteiger partial charge in [-0.05, 0) is 54.5 Å². The van der Waals surface area contributed by atoms with Gasteiger partial charge in [-0.1, -0.05) is 22.9 Å². The summed E-state index contributed by atoms with van der Waals surface area (Å²) >= 11 is 9.04. The second kappa shape index (κ2) is 5.66. The molecule has 0 saturated carbocycles. The van der Waals surface area contributed by atoms with Crippen LogP contribution in [-0.2, 0) is 6.42 Å². The Kier molecular flexibility index (Phi) is 3.87. The highest BCUT2D eigenvalue weighted by Gasteiger charge is 2.11. The number of nitrogens with zero attached hydrogens (tertiary/aromatic N) is 1. The molecule has 1 heterocycles. The number of methoxy groups -OCH3 is 1. The van der Waals surface area contributed by atoms with Gasteiger partial charge in [0.2, 0.25) is 0 Å². The fourth-order valence-corrected chi connectivity index (χ4v) is 3.22. The van der Waals surface area contributed by atoms with Gasteiger partial charge in [-0.25, -0.2) is 0 Å². The number of aryl methyl sites for hydroxylation is 1. The maximum Gasteiger partial charge on any atom is 0.182 e. The molecule has 21 heavy (non-hydrogen) atoms. The molecule has 3 rings (SSSR count). The van der Waals surface area contributed by atoms with Crippen molar-refractivity contribution in [1.29, 1.82) is 0 Å². The van der Waals surface area contributed by atoms with Gasteiger partial charge >= 0.3 is 0 Å². The predicted molar refractivity (Wildman–Crippen MR) is 92.1 cm³/mol. The van der Waals surface area contributed by atoms with Crippen LogP contribution in [0.5, 0.6) is 5.75 Å². The highest BCUT2D eigenvalue weighted by Crippen LogP contribution is 2.27. The van der Waals surface area contributed by atoms with E-state index in [2.05, 4.69) is 44.5 Å². The van der Waals surface area contributed by atoms with E-state index in [1.807, 2.05) is 24.3 Å². The summed E-state index contributed by atoms with van der Waals surface area (Å²) in [5, 5.41) is 0. The number of aromatic amines is 1. The quantitative estimate of drug-likeness (QED) is 0.662. The van der Waals surface area contributed by atoms with Crippen LogP contribution in [0.4, 0.5) is 0 Å². The summed E-state index contributed by atoms with van der Waals surface area (Å²) < 4.78 is 9.16. The van der Waals surface area contributed by atoms with Crippen LogP contribution in [0.2, 0.25) is 0 Å². The van der Waals surface area contributed by atoms with Crippen LogP contribution < -0.4 is 4.74 Å². The van der Waals surface area contributed by atoms with Gasteiger partial charge in [0, 0.05) is 10.5 Å². The molecule has 2 aromatic carbocycles. The molecule has 0 saturated heterocycles.